The summed E-state index contributed by atoms with van der Waals surface area (Å²) >= 11 is 0. The average Bonchev–Trinajstić information content (AvgIpc) is 2.61. The van der Waals surface area contributed by atoms with Crippen molar-refractivity contribution in [1.29, 1.82) is 0 Å². The third-order valence-corrected chi connectivity index (χ3v) is 3.66. The quantitative estimate of drug-likeness (QED) is 0.693. The zero-order valence-corrected chi connectivity index (χ0v) is 10.8. The molecule has 2 rings (SSSR count). The van der Waals surface area contributed by atoms with Crippen LogP contribution in [0.15, 0.2) is 0 Å². The van der Waals surface area contributed by atoms with E-state index in [1.54, 1.807) is 5.69 Å². The molecule has 0 amide bonds. The third kappa shape index (κ3) is 2.47. The fraction of sp³-hybridized carbons (Fsp3) is 0.786. The number of hydrogen-bond donors (Lipinski definition) is 0. The van der Waals surface area contributed by atoms with Gasteiger partial charge in [-0.3, -0.25) is 0 Å². The number of aromatic nitrogens is 2. The zero-order chi connectivity index (χ0) is 11.4. The van der Waals surface area contributed by atoms with Crippen LogP contribution in [0.2, 0.25) is 0 Å². The maximum absolute atomic E-state index is 4.71. The first-order chi connectivity index (χ1) is 7.83. The molecule has 0 N–H and O–H groups in total. The molecule has 0 atom stereocenters. The van der Waals surface area contributed by atoms with Gasteiger partial charge in [0.25, 0.3) is 0 Å². The molecule has 0 saturated heterocycles. The largest absolute Gasteiger partial charge is 0.332 e. The van der Waals surface area contributed by atoms with Gasteiger partial charge in [0.15, 0.2) is 0 Å². The minimum absolute atomic E-state index is 1.19. The van der Waals surface area contributed by atoms with Gasteiger partial charge in [0.05, 0.1) is 5.69 Å². The van der Waals surface area contributed by atoms with Gasteiger partial charge in [-0.15, -0.1) is 0 Å². The minimum Gasteiger partial charge on any atom is -0.332 e. The minimum atomic E-state index is 1.19. The highest BCUT2D eigenvalue weighted by Crippen LogP contribution is 2.22. The summed E-state index contributed by atoms with van der Waals surface area (Å²) in [6, 6.07) is 0. The third-order valence-electron chi connectivity index (χ3n) is 3.66. The molecule has 1 aliphatic carbocycles. The molecule has 1 aromatic rings. The summed E-state index contributed by atoms with van der Waals surface area (Å²) in [5.74, 6) is 1.24. The molecule has 1 heterocycles. The Morgan fingerprint density at radius 1 is 1.12 bits per heavy atom. The lowest BCUT2D eigenvalue weighted by Gasteiger charge is -2.14. The lowest BCUT2D eigenvalue weighted by Crippen LogP contribution is -2.09. The Labute approximate surface area is 99.1 Å². The predicted molar refractivity (Wildman–Crippen MR) is 67.7 cm³/mol. The van der Waals surface area contributed by atoms with E-state index < -0.39 is 0 Å². The lowest BCUT2D eigenvalue weighted by molar-refractivity contribution is 0.544. The average molecular weight is 220 g/mol. The van der Waals surface area contributed by atoms with E-state index in [0.717, 1.165) is 0 Å². The second kappa shape index (κ2) is 5.51. The van der Waals surface area contributed by atoms with E-state index in [0.29, 0.717) is 0 Å². The normalized spacial score (nSPS) is 15.1. The summed E-state index contributed by atoms with van der Waals surface area (Å²) in [6.45, 7) is 5.62. The molecule has 1 aliphatic rings. The van der Waals surface area contributed by atoms with Crippen molar-refractivity contribution in [3.05, 3.63) is 17.2 Å². The predicted octanol–water partition coefficient (Wildman–Crippen LogP) is 3.65. The van der Waals surface area contributed by atoms with Crippen LogP contribution in [0.25, 0.3) is 0 Å². The first-order valence-electron chi connectivity index (χ1n) is 6.87. The van der Waals surface area contributed by atoms with E-state index in [2.05, 4.69) is 18.4 Å². The Balaban J connectivity index is 1.99. The smallest absolute Gasteiger partial charge is 0.106 e. The second-order valence-electron chi connectivity index (χ2n) is 4.97. The first-order valence-corrected chi connectivity index (χ1v) is 6.87. The van der Waals surface area contributed by atoms with Crippen molar-refractivity contribution in [2.45, 2.75) is 71.8 Å². The highest BCUT2D eigenvalue weighted by Gasteiger charge is 2.17. The Bertz CT molecular complexity index is 339. The van der Waals surface area contributed by atoms with Crippen LogP contribution in [0.4, 0.5) is 0 Å². The summed E-state index contributed by atoms with van der Waals surface area (Å²) in [4.78, 5) is 4.71. The van der Waals surface area contributed by atoms with Gasteiger partial charge >= 0.3 is 0 Å². The molecule has 0 radical (unpaired) electrons. The fourth-order valence-electron chi connectivity index (χ4n) is 2.73. The van der Waals surface area contributed by atoms with Crippen LogP contribution in [0, 0.1) is 6.92 Å². The fourth-order valence-corrected chi connectivity index (χ4v) is 2.73. The molecule has 90 valence electrons. The van der Waals surface area contributed by atoms with Crippen molar-refractivity contribution in [3.63, 3.8) is 0 Å². The number of nitrogens with zero attached hydrogens (tertiary/aromatic N) is 2. The van der Waals surface area contributed by atoms with Gasteiger partial charge in [-0.1, -0.05) is 26.2 Å². The van der Waals surface area contributed by atoms with Gasteiger partial charge in [-0.2, -0.15) is 0 Å². The van der Waals surface area contributed by atoms with Crippen molar-refractivity contribution in [1.82, 2.24) is 9.55 Å². The Kier molecular flexibility index (Phi) is 4.03. The summed E-state index contributed by atoms with van der Waals surface area (Å²) in [7, 11) is 0. The lowest BCUT2D eigenvalue weighted by atomic mass is 10.0. The highest BCUT2D eigenvalue weighted by atomic mass is 15.1. The molecular weight excluding hydrogens is 196 g/mol. The van der Waals surface area contributed by atoms with E-state index in [1.807, 2.05) is 0 Å². The molecule has 0 fully saturated rings. The molecule has 1 aromatic heterocycles. The van der Waals surface area contributed by atoms with Crippen LogP contribution >= 0.6 is 0 Å². The Morgan fingerprint density at radius 3 is 2.75 bits per heavy atom. The van der Waals surface area contributed by atoms with Crippen molar-refractivity contribution in [2.24, 2.45) is 0 Å². The molecule has 2 nitrogen and oxygen atoms in total. The summed E-state index contributed by atoms with van der Waals surface area (Å²) in [6.07, 6.45) is 10.5. The van der Waals surface area contributed by atoms with E-state index in [-0.39, 0.29) is 0 Å². The highest BCUT2D eigenvalue weighted by molar-refractivity contribution is 5.19. The van der Waals surface area contributed by atoms with Gasteiger partial charge in [0.1, 0.15) is 5.82 Å². The molecule has 0 spiro atoms. The van der Waals surface area contributed by atoms with Crippen LogP contribution < -0.4 is 0 Å². The molecule has 0 bridgehead atoms. The first kappa shape index (κ1) is 11.7. The van der Waals surface area contributed by atoms with Crippen LogP contribution in [-0.2, 0) is 19.4 Å². The number of rotatable bonds is 5. The standard InChI is InChI=1S/C14H24N2/c1-3-4-5-8-11-16-12(2)15-13-9-6-7-10-14(13)16/h3-11H2,1-2H3. The molecular formula is C14H24N2. The van der Waals surface area contributed by atoms with Crippen molar-refractivity contribution < 1.29 is 0 Å². The van der Waals surface area contributed by atoms with Crippen molar-refractivity contribution >= 4 is 0 Å². The number of imidazole rings is 1. The molecule has 16 heavy (non-hydrogen) atoms. The van der Waals surface area contributed by atoms with Gasteiger partial charge < -0.3 is 4.57 Å². The zero-order valence-electron chi connectivity index (χ0n) is 10.8. The molecule has 0 aromatic carbocycles. The van der Waals surface area contributed by atoms with Crippen molar-refractivity contribution in [3.8, 4) is 0 Å². The number of unbranched alkanes of at least 4 members (excludes halogenated alkanes) is 3. The van der Waals surface area contributed by atoms with E-state index >= 15 is 0 Å². The van der Waals surface area contributed by atoms with E-state index in [4.69, 9.17) is 4.98 Å². The van der Waals surface area contributed by atoms with E-state index in [1.165, 1.54) is 69.4 Å². The molecule has 0 unspecified atom stereocenters. The molecule has 0 saturated carbocycles. The van der Waals surface area contributed by atoms with Gasteiger partial charge in [-0.25, -0.2) is 4.98 Å². The Morgan fingerprint density at radius 2 is 1.94 bits per heavy atom. The number of fused-ring (bicyclic) bond motifs is 1. The summed E-state index contributed by atoms with van der Waals surface area (Å²) in [5.41, 5.74) is 2.93. The van der Waals surface area contributed by atoms with Crippen LogP contribution in [0.3, 0.4) is 0 Å². The van der Waals surface area contributed by atoms with Crippen LogP contribution in [-0.4, -0.2) is 9.55 Å². The summed E-state index contributed by atoms with van der Waals surface area (Å²) < 4.78 is 2.48. The number of aryl methyl sites for hydroxylation is 2. The summed E-state index contributed by atoms with van der Waals surface area (Å²) in [5, 5.41) is 0. The maximum atomic E-state index is 4.71. The SMILES string of the molecule is CCCCCCn1c(C)nc2c1CCCC2. The van der Waals surface area contributed by atoms with Crippen molar-refractivity contribution in [2.75, 3.05) is 0 Å². The van der Waals surface area contributed by atoms with Gasteiger partial charge in [-0.05, 0) is 39.0 Å². The Hall–Kier alpha value is -0.790. The van der Waals surface area contributed by atoms with E-state index in [9.17, 15) is 0 Å². The van der Waals surface area contributed by atoms with Gasteiger partial charge in [0.2, 0.25) is 0 Å². The maximum Gasteiger partial charge on any atom is 0.106 e. The second-order valence-corrected chi connectivity index (χ2v) is 4.97. The monoisotopic (exact) mass is 220 g/mol. The van der Waals surface area contributed by atoms with Crippen LogP contribution in [0.5, 0.6) is 0 Å². The topological polar surface area (TPSA) is 17.8 Å². The molecule has 2 heteroatoms. The number of hydrogen-bond acceptors (Lipinski definition) is 1. The van der Waals surface area contributed by atoms with Gasteiger partial charge in [0, 0.05) is 12.2 Å². The molecule has 0 aliphatic heterocycles. The van der Waals surface area contributed by atoms with Crippen LogP contribution in [0.1, 0.15) is 62.7 Å².